The van der Waals surface area contributed by atoms with Crippen molar-refractivity contribution in [2.24, 2.45) is 0 Å². The largest absolute Gasteiger partial charge is 0.493 e. The highest BCUT2D eigenvalue weighted by Crippen LogP contribution is 2.30. The molecule has 1 fully saturated rings. The van der Waals surface area contributed by atoms with Crippen molar-refractivity contribution in [3.8, 4) is 11.5 Å². The first kappa shape index (κ1) is 23.4. The van der Waals surface area contributed by atoms with E-state index in [1.165, 1.54) is 37.4 Å². The number of halogens is 3. The Morgan fingerprint density at radius 2 is 1.84 bits per heavy atom. The first-order valence-electron chi connectivity index (χ1n) is 9.88. The van der Waals surface area contributed by atoms with Gasteiger partial charge in [0.05, 0.1) is 25.9 Å². The van der Waals surface area contributed by atoms with E-state index in [0.717, 1.165) is 12.1 Å². The summed E-state index contributed by atoms with van der Waals surface area (Å²) >= 11 is 0. The molecule has 7 nitrogen and oxygen atoms in total. The van der Waals surface area contributed by atoms with E-state index in [-0.39, 0.29) is 30.4 Å². The van der Waals surface area contributed by atoms with Crippen LogP contribution in [0.1, 0.15) is 21.5 Å². The third-order valence-corrected chi connectivity index (χ3v) is 4.85. The fourth-order valence-corrected chi connectivity index (χ4v) is 3.11. The molecule has 1 heterocycles. The zero-order chi connectivity index (χ0) is 23.1. The lowest BCUT2D eigenvalue weighted by molar-refractivity contribution is -0.138. The topological polar surface area (TPSA) is 77.1 Å². The molecule has 0 aromatic heterocycles. The second-order valence-corrected chi connectivity index (χ2v) is 7.03. The van der Waals surface area contributed by atoms with Gasteiger partial charge < -0.3 is 24.4 Å². The van der Waals surface area contributed by atoms with Gasteiger partial charge in [-0.15, -0.1) is 0 Å². The molecular formula is C22H23F3N2O5. The number of benzene rings is 2. The van der Waals surface area contributed by atoms with Crippen LogP contribution in [-0.2, 0) is 22.3 Å². The zero-order valence-corrected chi connectivity index (χ0v) is 17.4. The number of carbonyl (C=O) groups is 2. The Morgan fingerprint density at radius 1 is 1.09 bits per heavy atom. The SMILES string of the molecule is COc1cc(C(=O)NCc2cccc(C(F)(F)F)c2)ccc1OCC(=O)N1CCOCC1. The van der Waals surface area contributed by atoms with E-state index < -0.39 is 17.6 Å². The summed E-state index contributed by atoms with van der Waals surface area (Å²) in [6.07, 6.45) is -4.45. The van der Waals surface area contributed by atoms with Crippen LogP contribution in [0.5, 0.6) is 11.5 Å². The molecular weight excluding hydrogens is 429 g/mol. The smallest absolute Gasteiger partial charge is 0.416 e. The van der Waals surface area contributed by atoms with Crippen LogP contribution >= 0.6 is 0 Å². The van der Waals surface area contributed by atoms with Crippen LogP contribution in [0.2, 0.25) is 0 Å². The molecule has 0 saturated carbocycles. The number of morpholine rings is 1. The quantitative estimate of drug-likeness (QED) is 0.699. The van der Waals surface area contributed by atoms with Gasteiger partial charge in [0.15, 0.2) is 18.1 Å². The summed E-state index contributed by atoms with van der Waals surface area (Å²) in [4.78, 5) is 26.3. The maximum Gasteiger partial charge on any atom is 0.416 e. The molecule has 1 N–H and O–H groups in total. The second-order valence-electron chi connectivity index (χ2n) is 7.03. The number of hydrogen-bond donors (Lipinski definition) is 1. The van der Waals surface area contributed by atoms with Crippen molar-refractivity contribution in [3.63, 3.8) is 0 Å². The highest BCUT2D eigenvalue weighted by molar-refractivity contribution is 5.94. The first-order chi connectivity index (χ1) is 15.3. The highest BCUT2D eigenvalue weighted by Gasteiger charge is 2.30. The number of ether oxygens (including phenoxy) is 3. The Balaban J connectivity index is 1.59. The third-order valence-electron chi connectivity index (χ3n) is 4.85. The van der Waals surface area contributed by atoms with Crippen molar-refractivity contribution in [1.82, 2.24) is 10.2 Å². The molecule has 1 aliphatic heterocycles. The van der Waals surface area contributed by atoms with Crippen molar-refractivity contribution in [3.05, 3.63) is 59.2 Å². The van der Waals surface area contributed by atoms with Gasteiger partial charge in [-0.1, -0.05) is 12.1 Å². The minimum Gasteiger partial charge on any atom is -0.493 e. The van der Waals surface area contributed by atoms with E-state index in [0.29, 0.717) is 37.6 Å². The fourth-order valence-electron chi connectivity index (χ4n) is 3.11. The summed E-state index contributed by atoms with van der Waals surface area (Å²) in [7, 11) is 1.40. The van der Waals surface area contributed by atoms with E-state index in [9.17, 15) is 22.8 Å². The van der Waals surface area contributed by atoms with E-state index >= 15 is 0 Å². The van der Waals surface area contributed by atoms with Crippen molar-refractivity contribution >= 4 is 11.8 Å². The van der Waals surface area contributed by atoms with Crippen molar-refractivity contribution in [2.75, 3.05) is 40.0 Å². The van der Waals surface area contributed by atoms with Gasteiger partial charge in [0.2, 0.25) is 0 Å². The minimum atomic E-state index is -4.45. The van der Waals surface area contributed by atoms with Gasteiger partial charge in [-0.25, -0.2) is 0 Å². The normalized spacial score (nSPS) is 14.1. The Morgan fingerprint density at radius 3 is 2.53 bits per heavy atom. The predicted octanol–water partition coefficient (Wildman–Crippen LogP) is 2.88. The maximum absolute atomic E-state index is 12.8. The average molecular weight is 452 g/mol. The molecule has 10 heteroatoms. The molecule has 1 aliphatic rings. The summed E-state index contributed by atoms with van der Waals surface area (Å²) < 4.78 is 54.5. The second kappa shape index (κ2) is 10.4. The van der Waals surface area contributed by atoms with Crippen LogP contribution in [0.4, 0.5) is 13.2 Å². The summed E-state index contributed by atoms with van der Waals surface area (Å²) in [6, 6.07) is 9.18. The molecule has 0 spiro atoms. The number of methoxy groups -OCH3 is 1. The van der Waals surface area contributed by atoms with Crippen LogP contribution in [0.3, 0.4) is 0 Å². The minimum absolute atomic E-state index is 0.0721. The van der Waals surface area contributed by atoms with Gasteiger partial charge in [-0.05, 0) is 35.9 Å². The average Bonchev–Trinajstić information content (AvgIpc) is 2.81. The summed E-state index contributed by atoms with van der Waals surface area (Å²) in [5.74, 6) is -0.120. The van der Waals surface area contributed by atoms with E-state index in [4.69, 9.17) is 14.2 Å². The molecule has 0 bridgehead atoms. The van der Waals surface area contributed by atoms with Gasteiger partial charge in [0.1, 0.15) is 0 Å². The monoisotopic (exact) mass is 452 g/mol. The molecule has 0 atom stereocenters. The summed E-state index contributed by atoms with van der Waals surface area (Å²) in [5.41, 5.74) is -0.221. The van der Waals surface area contributed by atoms with E-state index in [1.807, 2.05) is 0 Å². The molecule has 2 aromatic rings. The lowest BCUT2D eigenvalue weighted by Gasteiger charge is -2.26. The highest BCUT2D eigenvalue weighted by atomic mass is 19.4. The van der Waals surface area contributed by atoms with Gasteiger partial charge >= 0.3 is 6.18 Å². The third kappa shape index (κ3) is 6.13. The summed E-state index contributed by atoms with van der Waals surface area (Å²) in [6.45, 7) is 1.72. The number of nitrogens with zero attached hydrogens (tertiary/aromatic N) is 1. The van der Waals surface area contributed by atoms with Crippen molar-refractivity contribution in [2.45, 2.75) is 12.7 Å². The van der Waals surface area contributed by atoms with E-state index in [2.05, 4.69) is 5.32 Å². The number of hydrogen-bond acceptors (Lipinski definition) is 5. The zero-order valence-electron chi connectivity index (χ0n) is 17.4. The molecule has 0 radical (unpaired) electrons. The molecule has 0 unspecified atom stereocenters. The molecule has 172 valence electrons. The van der Waals surface area contributed by atoms with Gasteiger partial charge in [0.25, 0.3) is 11.8 Å². The van der Waals surface area contributed by atoms with Crippen LogP contribution in [0, 0.1) is 0 Å². The van der Waals surface area contributed by atoms with Gasteiger partial charge in [-0.2, -0.15) is 13.2 Å². The predicted molar refractivity (Wildman–Crippen MR) is 109 cm³/mol. The van der Waals surface area contributed by atoms with Gasteiger partial charge in [-0.3, -0.25) is 9.59 Å². The first-order valence-corrected chi connectivity index (χ1v) is 9.88. The summed E-state index contributed by atoms with van der Waals surface area (Å²) in [5, 5.41) is 2.58. The van der Waals surface area contributed by atoms with Crippen molar-refractivity contribution in [1.29, 1.82) is 0 Å². The molecule has 32 heavy (non-hydrogen) atoms. The van der Waals surface area contributed by atoms with Gasteiger partial charge in [0, 0.05) is 25.2 Å². The Hall–Kier alpha value is -3.27. The lowest BCUT2D eigenvalue weighted by Crippen LogP contribution is -2.43. The Labute approximate surface area is 183 Å². The fraction of sp³-hybridized carbons (Fsp3) is 0.364. The molecule has 0 aliphatic carbocycles. The standard InChI is InChI=1S/C22H23F3N2O5/c1-30-19-12-16(5-6-18(19)32-14-20(28)27-7-9-31-10-8-27)21(29)26-13-15-3-2-4-17(11-15)22(23,24)25/h2-6,11-12H,7-10,13-14H2,1H3,(H,26,29). The molecule has 2 amide bonds. The van der Waals surface area contributed by atoms with E-state index in [1.54, 1.807) is 4.90 Å². The number of amides is 2. The molecule has 3 rings (SSSR count). The lowest BCUT2D eigenvalue weighted by atomic mass is 10.1. The number of carbonyl (C=O) groups excluding carboxylic acids is 2. The van der Waals surface area contributed by atoms with Crippen LogP contribution in [-0.4, -0.2) is 56.7 Å². The number of nitrogens with one attached hydrogen (secondary N) is 1. The van der Waals surface area contributed by atoms with Crippen LogP contribution in [0.25, 0.3) is 0 Å². The Kier molecular flexibility index (Phi) is 7.57. The van der Waals surface area contributed by atoms with Crippen molar-refractivity contribution < 1.29 is 37.0 Å². The van der Waals surface area contributed by atoms with Crippen LogP contribution in [0.15, 0.2) is 42.5 Å². The molecule has 1 saturated heterocycles. The number of rotatable bonds is 7. The molecule has 2 aromatic carbocycles. The maximum atomic E-state index is 12.8. The van der Waals surface area contributed by atoms with Crippen LogP contribution < -0.4 is 14.8 Å². The Bertz CT molecular complexity index is 959. The number of alkyl halides is 3.